The molecule has 1 heterocycles. The Morgan fingerprint density at radius 3 is 3.00 bits per heavy atom. The van der Waals surface area contributed by atoms with Gasteiger partial charge in [-0.05, 0) is 23.6 Å². The summed E-state index contributed by atoms with van der Waals surface area (Å²) < 4.78 is 2.96. The maximum atomic E-state index is 10.4. The SMILES string of the molecule is O=CCn1ccc2ccc(Br)cc21. The fourth-order valence-corrected chi connectivity index (χ4v) is 1.75. The van der Waals surface area contributed by atoms with Gasteiger partial charge in [0.05, 0.1) is 6.54 Å². The molecule has 3 heteroatoms. The number of aldehydes is 1. The maximum absolute atomic E-state index is 10.4. The first-order chi connectivity index (χ1) is 6.31. The molecule has 2 aromatic rings. The van der Waals surface area contributed by atoms with Gasteiger partial charge in [-0.2, -0.15) is 0 Å². The smallest absolute Gasteiger partial charge is 0.139 e. The highest BCUT2D eigenvalue weighted by atomic mass is 79.9. The quantitative estimate of drug-likeness (QED) is 0.737. The topological polar surface area (TPSA) is 22.0 Å². The molecule has 0 saturated carbocycles. The van der Waals surface area contributed by atoms with Crippen LogP contribution in [0.1, 0.15) is 0 Å². The fraction of sp³-hybridized carbons (Fsp3) is 0.100. The van der Waals surface area contributed by atoms with Crippen molar-refractivity contribution in [2.45, 2.75) is 6.54 Å². The van der Waals surface area contributed by atoms with E-state index in [1.807, 2.05) is 35.0 Å². The van der Waals surface area contributed by atoms with Crippen LogP contribution < -0.4 is 0 Å². The molecule has 0 radical (unpaired) electrons. The fourth-order valence-electron chi connectivity index (χ4n) is 1.40. The minimum atomic E-state index is 0.417. The molecule has 0 spiro atoms. The van der Waals surface area contributed by atoms with Crippen LogP contribution in [0.3, 0.4) is 0 Å². The van der Waals surface area contributed by atoms with Crippen LogP contribution in [-0.2, 0) is 11.3 Å². The first kappa shape index (κ1) is 8.51. The molecule has 0 amide bonds. The number of benzene rings is 1. The number of aromatic nitrogens is 1. The van der Waals surface area contributed by atoms with E-state index in [2.05, 4.69) is 15.9 Å². The molecule has 1 aromatic heterocycles. The van der Waals surface area contributed by atoms with Gasteiger partial charge < -0.3 is 9.36 Å². The van der Waals surface area contributed by atoms with Gasteiger partial charge in [-0.1, -0.05) is 22.0 Å². The molecule has 1 aromatic carbocycles. The van der Waals surface area contributed by atoms with Gasteiger partial charge in [-0.25, -0.2) is 0 Å². The van der Waals surface area contributed by atoms with E-state index in [1.165, 1.54) is 0 Å². The zero-order valence-electron chi connectivity index (χ0n) is 6.90. The summed E-state index contributed by atoms with van der Waals surface area (Å²) in [6.45, 7) is 0.417. The Hall–Kier alpha value is -1.09. The number of hydrogen-bond donors (Lipinski definition) is 0. The lowest BCUT2D eigenvalue weighted by Crippen LogP contribution is -1.95. The van der Waals surface area contributed by atoms with Crippen LogP contribution >= 0.6 is 15.9 Å². The highest BCUT2D eigenvalue weighted by Crippen LogP contribution is 2.20. The highest BCUT2D eigenvalue weighted by Gasteiger charge is 1.99. The average molecular weight is 238 g/mol. The summed E-state index contributed by atoms with van der Waals surface area (Å²) in [5.41, 5.74) is 1.08. The summed E-state index contributed by atoms with van der Waals surface area (Å²) in [5.74, 6) is 0. The number of rotatable bonds is 2. The third-order valence-corrected chi connectivity index (χ3v) is 2.50. The number of nitrogens with zero attached hydrogens (tertiary/aromatic N) is 1. The Balaban J connectivity index is 2.64. The molecule has 0 unspecified atom stereocenters. The van der Waals surface area contributed by atoms with Crippen molar-refractivity contribution in [1.29, 1.82) is 0 Å². The molecule has 0 aliphatic heterocycles. The number of carbonyl (C=O) groups excluding carboxylic acids is 1. The third kappa shape index (κ3) is 1.52. The lowest BCUT2D eigenvalue weighted by Gasteiger charge is -1.99. The molecule has 0 N–H and O–H groups in total. The summed E-state index contributed by atoms with van der Waals surface area (Å²) in [7, 11) is 0. The largest absolute Gasteiger partial charge is 0.340 e. The van der Waals surface area contributed by atoms with Crippen molar-refractivity contribution in [2.75, 3.05) is 0 Å². The van der Waals surface area contributed by atoms with Crippen molar-refractivity contribution >= 4 is 33.1 Å². The molecule has 2 nitrogen and oxygen atoms in total. The van der Waals surface area contributed by atoms with Crippen molar-refractivity contribution < 1.29 is 4.79 Å². The number of fused-ring (bicyclic) bond motifs is 1. The van der Waals surface area contributed by atoms with Crippen LogP contribution in [0.25, 0.3) is 10.9 Å². The Kier molecular flexibility index (Phi) is 2.19. The molecule has 13 heavy (non-hydrogen) atoms. The van der Waals surface area contributed by atoms with Gasteiger partial charge in [-0.15, -0.1) is 0 Å². The summed E-state index contributed by atoms with van der Waals surface area (Å²) in [6, 6.07) is 8.04. The minimum Gasteiger partial charge on any atom is -0.340 e. The summed E-state index contributed by atoms with van der Waals surface area (Å²) in [6.07, 6.45) is 2.83. The van der Waals surface area contributed by atoms with Gasteiger partial charge in [-0.3, -0.25) is 0 Å². The van der Waals surface area contributed by atoms with Gasteiger partial charge in [0, 0.05) is 16.2 Å². The number of halogens is 1. The van der Waals surface area contributed by atoms with Crippen LogP contribution in [0, 0.1) is 0 Å². The molecular formula is C10H8BrNO. The van der Waals surface area contributed by atoms with Gasteiger partial charge >= 0.3 is 0 Å². The second-order valence-corrected chi connectivity index (χ2v) is 3.75. The molecule has 0 fully saturated rings. The van der Waals surface area contributed by atoms with E-state index in [1.54, 1.807) is 0 Å². The zero-order chi connectivity index (χ0) is 9.26. The number of hydrogen-bond acceptors (Lipinski definition) is 1. The summed E-state index contributed by atoms with van der Waals surface area (Å²) in [5, 5.41) is 1.16. The van der Waals surface area contributed by atoms with E-state index in [0.717, 1.165) is 21.7 Å². The van der Waals surface area contributed by atoms with E-state index in [9.17, 15) is 4.79 Å². The second-order valence-electron chi connectivity index (χ2n) is 2.84. The normalized spacial score (nSPS) is 10.5. The van der Waals surface area contributed by atoms with Gasteiger partial charge in [0.25, 0.3) is 0 Å². The Bertz CT molecular complexity index is 447. The van der Waals surface area contributed by atoms with Crippen molar-refractivity contribution in [1.82, 2.24) is 4.57 Å². The van der Waals surface area contributed by atoms with Crippen LogP contribution in [0.4, 0.5) is 0 Å². The van der Waals surface area contributed by atoms with E-state index in [4.69, 9.17) is 0 Å². The van der Waals surface area contributed by atoms with E-state index in [-0.39, 0.29) is 0 Å². The highest BCUT2D eigenvalue weighted by molar-refractivity contribution is 9.10. The third-order valence-electron chi connectivity index (χ3n) is 2.01. The van der Waals surface area contributed by atoms with Crippen LogP contribution in [-0.4, -0.2) is 10.9 Å². The molecular weight excluding hydrogens is 230 g/mol. The van der Waals surface area contributed by atoms with Crippen molar-refractivity contribution in [3.05, 3.63) is 34.9 Å². The summed E-state index contributed by atoms with van der Waals surface area (Å²) in [4.78, 5) is 10.4. The number of carbonyl (C=O) groups is 1. The molecule has 0 saturated heterocycles. The molecule has 0 bridgehead atoms. The predicted octanol–water partition coefficient (Wildman–Crippen LogP) is 2.60. The lowest BCUT2D eigenvalue weighted by atomic mass is 10.2. The first-order valence-corrected chi connectivity index (χ1v) is 4.78. The standard InChI is InChI=1S/C10H8BrNO/c11-9-2-1-8-3-4-12(5-6-13)10(8)7-9/h1-4,6-7H,5H2. The monoisotopic (exact) mass is 237 g/mol. The van der Waals surface area contributed by atoms with Crippen LogP contribution in [0.2, 0.25) is 0 Å². The molecule has 2 rings (SSSR count). The Morgan fingerprint density at radius 2 is 2.23 bits per heavy atom. The Morgan fingerprint density at radius 1 is 1.38 bits per heavy atom. The predicted molar refractivity (Wildman–Crippen MR) is 55.7 cm³/mol. The maximum Gasteiger partial charge on any atom is 0.139 e. The van der Waals surface area contributed by atoms with Gasteiger partial charge in [0.15, 0.2) is 0 Å². The minimum absolute atomic E-state index is 0.417. The molecule has 0 atom stereocenters. The zero-order valence-corrected chi connectivity index (χ0v) is 8.49. The van der Waals surface area contributed by atoms with Gasteiger partial charge in [0.2, 0.25) is 0 Å². The van der Waals surface area contributed by atoms with Gasteiger partial charge in [0.1, 0.15) is 6.29 Å². The van der Waals surface area contributed by atoms with Crippen molar-refractivity contribution in [3.8, 4) is 0 Å². The van der Waals surface area contributed by atoms with E-state index >= 15 is 0 Å². The second kappa shape index (κ2) is 3.34. The lowest BCUT2D eigenvalue weighted by molar-refractivity contribution is -0.108. The first-order valence-electron chi connectivity index (χ1n) is 3.99. The van der Waals surface area contributed by atoms with E-state index < -0.39 is 0 Å². The summed E-state index contributed by atoms with van der Waals surface area (Å²) >= 11 is 3.40. The van der Waals surface area contributed by atoms with Crippen molar-refractivity contribution in [2.24, 2.45) is 0 Å². The molecule has 0 aliphatic carbocycles. The van der Waals surface area contributed by atoms with Crippen molar-refractivity contribution in [3.63, 3.8) is 0 Å². The van der Waals surface area contributed by atoms with Crippen LogP contribution in [0.5, 0.6) is 0 Å². The van der Waals surface area contributed by atoms with E-state index in [0.29, 0.717) is 6.54 Å². The average Bonchev–Trinajstić information content (AvgIpc) is 2.49. The molecule has 0 aliphatic rings. The Labute approximate surface area is 84.3 Å². The molecule has 66 valence electrons. The van der Waals surface area contributed by atoms with Crippen LogP contribution in [0.15, 0.2) is 34.9 Å².